The van der Waals surface area contributed by atoms with E-state index in [4.69, 9.17) is 0 Å². The molecule has 0 aliphatic heterocycles. The Balaban J connectivity index is 2.29. The maximum absolute atomic E-state index is 12.7. The molecule has 0 spiro atoms. The Labute approximate surface area is 114 Å². The molecule has 0 saturated heterocycles. The van der Waals surface area contributed by atoms with E-state index in [9.17, 15) is 3.89 Å². The fourth-order valence-electron chi connectivity index (χ4n) is 1.60. The van der Waals surface area contributed by atoms with Crippen LogP contribution in [0, 0.1) is 11.8 Å². The van der Waals surface area contributed by atoms with Crippen molar-refractivity contribution in [1.82, 2.24) is 4.31 Å². The first-order valence-corrected chi connectivity index (χ1v) is 7.11. The molecule has 98 valence electrons. The van der Waals surface area contributed by atoms with E-state index >= 15 is 0 Å². The van der Waals surface area contributed by atoms with Gasteiger partial charge in [-0.05, 0) is 18.6 Å². The van der Waals surface area contributed by atoms with E-state index in [0.717, 1.165) is 18.5 Å². The zero-order valence-electron chi connectivity index (χ0n) is 10.9. The lowest BCUT2D eigenvalue weighted by molar-refractivity contribution is 0.477. The van der Waals surface area contributed by atoms with Gasteiger partial charge in [0.05, 0.1) is 6.54 Å². The molecule has 0 aliphatic carbocycles. The second kappa shape index (κ2) is 9.99. The number of halogens is 1. The van der Waals surface area contributed by atoms with E-state index in [0.29, 0.717) is 18.9 Å². The highest BCUT2D eigenvalue weighted by atomic mass is 32.2. The Morgan fingerprint density at radius 1 is 1.17 bits per heavy atom. The minimum absolute atomic E-state index is 0.294. The van der Waals surface area contributed by atoms with Gasteiger partial charge in [-0.15, -0.1) is 3.89 Å². The Kier molecular flexibility index (Phi) is 8.37. The summed E-state index contributed by atoms with van der Waals surface area (Å²) in [7, 11) is 0. The van der Waals surface area contributed by atoms with Gasteiger partial charge in [-0.2, -0.15) is 0 Å². The van der Waals surface area contributed by atoms with Crippen molar-refractivity contribution in [2.75, 3.05) is 13.1 Å². The first-order valence-electron chi connectivity index (χ1n) is 6.44. The molecule has 0 radical (unpaired) electrons. The number of hydrogen-bond donors (Lipinski definition) is 0. The summed E-state index contributed by atoms with van der Waals surface area (Å²) in [5.41, 5.74) is 0.979. The molecule has 3 heteroatoms. The summed E-state index contributed by atoms with van der Waals surface area (Å²) in [5.74, 6) is 6.05. The van der Waals surface area contributed by atoms with Crippen LogP contribution in [0.1, 0.15) is 38.2 Å². The van der Waals surface area contributed by atoms with Crippen LogP contribution < -0.4 is 0 Å². The Hall–Kier alpha value is -0.980. The lowest BCUT2D eigenvalue weighted by atomic mass is 10.2. The van der Waals surface area contributed by atoms with E-state index in [1.165, 1.54) is 19.3 Å². The summed E-state index contributed by atoms with van der Waals surface area (Å²) in [6, 6.07) is 9.79. The minimum atomic E-state index is 0.294. The lowest BCUT2D eigenvalue weighted by Gasteiger charge is -2.12. The first kappa shape index (κ1) is 15.1. The molecule has 0 amide bonds. The van der Waals surface area contributed by atoms with Crippen molar-refractivity contribution >= 4 is 12.3 Å². The number of rotatable bonds is 7. The second-order valence-electron chi connectivity index (χ2n) is 4.16. The Morgan fingerprint density at radius 3 is 2.61 bits per heavy atom. The highest BCUT2D eigenvalue weighted by molar-refractivity contribution is 7.91. The van der Waals surface area contributed by atoms with Crippen molar-refractivity contribution in [2.24, 2.45) is 0 Å². The van der Waals surface area contributed by atoms with E-state index in [-0.39, 0.29) is 0 Å². The molecule has 0 bridgehead atoms. The highest BCUT2D eigenvalue weighted by Gasteiger charge is 2.02. The van der Waals surface area contributed by atoms with Crippen LogP contribution in [-0.2, 0) is 0 Å². The molecule has 0 aliphatic rings. The fourth-order valence-corrected chi connectivity index (χ4v) is 1.92. The van der Waals surface area contributed by atoms with E-state index in [1.807, 2.05) is 30.3 Å². The van der Waals surface area contributed by atoms with Gasteiger partial charge in [-0.1, -0.05) is 56.2 Å². The third-order valence-electron chi connectivity index (χ3n) is 2.62. The molecule has 1 aromatic rings. The normalized spacial score (nSPS) is 10.2. The van der Waals surface area contributed by atoms with Crippen molar-refractivity contribution in [3.8, 4) is 11.8 Å². The molecule has 1 rings (SSSR count). The molecule has 0 unspecified atom stereocenters. The molecular formula is C15H20FNS. The Bertz CT molecular complexity index is 369. The smallest absolute Gasteiger partial charge is 0.135 e. The summed E-state index contributed by atoms with van der Waals surface area (Å²) in [5, 5.41) is 0. The monoisotopic (exact) mass is 265 g/mol. The van der Waals surface area contributed by atoms with Crippen LogP contribution in [0.5, 0.6) is 0 Å². The van der Waals surface area contributed by atoms with Crippen LogP contribution in [0.3, 0.4) is 0 Å². The largest absolute Gasteiger partial charge is 0.210 e. The highest BCUT2D eigenvalue weighted by Crippen LogP contribution is 2.12. The van der Waals surface area contributed by atoms with Gasteiger partial charge in [0.15, 0.2) is 0 Å². The van der Waals surface area contributed by atoms with Gasteiger partial charge in [0, 0.05) is 12.1 Å². The molecule has 18 heavy (non-hydrogen) atoms. The zero-order chi connectivity index (χ0) is 13.1. The molecule has 0 atom stereocenters. The maximum atomic E-state index is 12.7. The Morgan fingerprint density at radius 2 is 1.94 bits per heavy atom. The van der Waals surface area contributed by atoms with Crippen LogP contribution in [0.2, 0.25) is 0 Å². The zero-order valence-corrected chi connectivity index (χ0v) is 11.7. The van der Waals surface area contributed by atoms with Crippen molar-refractivity contribution in [3.05, 3.63) is 35.9 Å². The van der Waals surface area contributed by atoms with E-state index < -0.39 is 0 Å². The molecule has 0 N–H and O–H groups in total. The molecular weight excluding hydrogens is 245 g/mol. The fraction of sp³-hybridized carbons (Fsp3) is 0.467. The summed E-state index contributed by atoms with van der Waals surface area (Å²) in [6.45, 7) is 3.42. The summed E-state index contributed by atoms with van der Waals surface area (Å²) in [4.78, 5) is 0. The molecule has 1 aromatic carbocycles. The number of hydrogen-bond acceptors (Lipinski definition) is 2. The van der Waals surface area contributed by atoms with Gasteiger partial charge in [-0.3, -0.25) is 0 Å². The topological polar surface area (TPSA) is 3.24 Å². The molecule has 1 nitrogen and oxygen atoms in total. The maximum Gasteiger partial charge on any atom is 0.135 e. The molecule has 0 fully saturated rings. The lowest BCUT2D eigenvalue weighted by Crippen LogP contribution is -2.16. The predicted molar refractivity (Wildman–Crippen MR) is 77.7 cm³/mol. The third kappa shape index (κ3) is 6.68. The number of nitrogens with zero attached hydrogens (tertiary/aromatic N) is 1. The molecule has 0 heterocycles. The average molecular weight is 265 g/mol. The number of benzene rings is 1. The summed E-state index contributed by atoms with van der Waals surface area (Å²) >= 11 is 0.294. The van der Waals surface area contributed by atoms with Gasteiger partial charge in [0.25, 0.3) is 0 Å². The minimum Gasteiger partial charge on any atom is -0.210 e. The standard InChI is InChI=1S/C15H20FNS/c1-2-3-4-8-13-17(18-16)14-9-12-15-10-6-5-7-11-15/h5-7,10-11H,2-4,8,13-14H2,1H3. The predicted octanol–water partition coefficient (Wildman–Crippen LogP) is 4.45. The summed E-state index contributed by atoms with van der Waals surface area (Å²) in [6.07, 6.45) is 4.63. The van der Waals surface area contributed by atoms with Crippen LogP contribution in [0.4, 0.5) is 3.89 Å². The molecule has 0 aromatic heterocycles. The second-order valence-corrected chi connectivity index (χ2v) is 4.82. The number of unbranched alkanes of at least 4 members (excludes halogenated alkanes) is 3. The first-order chi connectivity index (χ1) is 8.86. The average Bonchev–Trinajstić information content (AvgIpc) is 2.42. The van der Waals surface area contributed by atoms with Crippen molar-refractivity contribution in [2.45, 2.75) is 32.6 Å². The van der Waals surface area contributed by atoms with Crippen molar-refractivity contribution < 1.29 is 3.89 Å². The van der Waals surface area contributed by atoms with Gasteiger partial charge < -0.3 is 0 Å². The SMILES string of the molecule is CCCCCCN(CC#Cc1ccccc1)SF. The van der Waals surface area contributed by atoms with Crippen molar-refractivity contribution in [1.29, 1.82) is 0 Å². The van der Waals surface area contributed by atoms with E-state index in [1.54, 1.807) is 4.31 Å². The van der Waals surface area contributed by atoms with Gasteiger partial charge >= 0.3 is 0 Å². The summed E-state index contributed by atoms with van der Waals surface area (Å²) < 4.78 is 14.3. The molecule has 0 saturated carbocycles. The van der Waals surface area contributed by atoms with Crippen LogP contribution in [0.15, 0.2) is 30.3 Å². The van der Waals surface area contributed by atoms with Crippen molar-refractivity contribution in [3.63, 3.8) is 0 Å². The van der Waals surface area contributed by atoms with Gasteiger partial charge in [0.2, 0.25) is 0 Å². The van der Waals surface area contributed by atoms with Crippen LogP contribution in [-0.4, -0.2) is 17.4 Å². The van der Waals surface area contributed by atoms with Crippen LogP contribution in [0.25, 0.3) is 0 Å². The van der Waals surface area contributed by atoms with E-state index in [2.05, 4.69) is 18.8 Å². The van der Waals surface area contributed by atoms with Gasteiger partial charge in [0.1, 0.15) is 12.3 Å². The van der Waals surface area contributed by atoms with Gasteiger partial charge in [-0.25, -0.2) is 4.31 Å². The quantitative estimate of drug-likeness (QED) is 0.407. The third-order valence-corrected chi connectivity index (χ3v) is 3.13. The van der Waals surface area contributed by atoms with Crippen LogP contribution >= 0.6 is 12.3 Å².